The molecule has 1 aliphatic heterocycles. The van der Waals surface area contributed by atoms with E-state index in [-0.39, 0.29) is 0 Å². The fourth-order valence-electron chi connectivity index (χ4n) is 2.62. The molecule has 2 aromatic rings. The average Bonchev–Trinajstić information content (AvgIpc) is 2.69. The number of benzene rings is 1. The lowest BCUT2D eigenvalue weighted by Crippen LogP contribution is -2.27. The summed E-state index contributed by atoms with van der Waals surface area (Å²) in [4.78, 5) is 3.50. The van der Waals surface area contributed by atoms with Crippen molar-refractivity contribution in [1.82, 2.24) is 10.3 Å². The molecule has 3 nitrogen and oxygen atoms in total. The van der Waals surface area contributed by atoms with E-state index in [0.29, 0.717) is 6.04 Å². The molecule has 16 heavy (non-hydrogen) atoms. The van der Waals surface area contributed by atoms with Crippen molar-refractivity contribution in [2.24, 2.45) is 0 Å². The fraction of sp³-hybridized carbons (Fsp3) is 0.385. The number of rotatable bonds is 1. The Morgan fingerprint density at radius 1 is 1.38 bits per heavy atom. The molecule has 0 fully saturated rings. The highest BCUT2D eigenvalue weighted by Gasteiger charge is 2.22. The Bertz CT molecular complexity index is 530. The van der Waals surface area contributed by atoms with Crippen LogP contribution in [0.4, 0.5) is 0 Å². The Labute approximate surface area is 94.8 Å². The molecule has 0 spiro atoms. The van der Waals surface area contributed by atoms with Gasteiger partial charge in [-0.3, -0.25) is 0 Å². The first-order valence-corrected chi connectivity index (χ1v) is 5.72. The molecule has 0 unspecified atom stereocenters. The number of fused-ring (bicyclic) bond motifs is 3. The first kappa shape index (κ1) is 9.73. The lowest BCUT2D eigenvalue weighted by molar-refractivity contribution is 0.419. The highest BCUT2D eigenvalue weighted by Crippen LogP contribution is 2.35. The summed E-state index contributed by atoms with van der Waals surface area (Å²) in [5.74, 6) is 0.976. The highest BCUT2D eigenvalue weighted by atomic mass is 16.5. The van der Waals surface area contributed by atoms with Crippen molar-refractivity contribution in [3.05, 3.63) is 29.5 Å². The van der Waals surface area contributed by atoms with E-state index >= 15 is 0 Å². The van der Waals surface area contributed by atoms with Crippen LogP contribution in [0.1, 0.15) is 24.2 Å². The van der Waals surface area contributed by atoms with E-state index in [0.717, 1.165) is 18.7 Å². The molecule has 0 saturated heterocycles. The molecule has 2 N–H and O–H groups in total. The normalized spacial score (nSPS) is 19.8. The minimum absolute atomic E-state index is 0.404. The molecule has 0 saturated carbocycles. The molecule has 0 amide bonds. The molecular formula is C13H16N2O. The molecule has 1 atom stereocenters. The molecule has 0 radical (unpaired) electrons. The number of aromatic nitrogens is 1. The van der Waals surface area contributed by atoms with E-state index in [1.54, 1.807) is 7.11 Å². The van der Waals surface area contributed by atoms with Crippen molar-refractivity contribution in [3.63, 3.8) is 0 Å². The third-order valence-electron chi connectivity index (χ3n) is 3.40. The maximum atomic E-state index is 5.45. The smallest absolute Gasteiger partial charge is 0.128 e. The second-order valence-corrected chi connectivity index (χ2v) is 4.33. The van der Waals surface area contributed by atoms with Gasteiger partial charge in [-0.1, -0.05) is 6.07 Å². The molecule has 0 bridgehead atoms. The summed E-state index contributed by atoms with van der Waals surface area (Å²) in [6, 6.07) is 6.58. The molecule has 1 aromatic carbocycles. The zero-order chi connectivity index (χ0) is 11.1. The Morgan fingerprint density at radius 3 is 3.06 bits per heavy atom. The van der Waals surface area contributed by atoms with Crippen LogP contribution in [0.3, 0.4) is 0 Å². The number of methoxy groups -OCH3 is 1. The minimum Gasteiger partial charge on any atom is -0.496 e. The largest absolute Gasteiger partial charge is 0.496 e. The van der Waals surface area contributed by atoms with E-state index < -0.39 is 0 Å². The summed E-state index contributed by atoms with van der Waals surface area (Å²) in [5.41, 5.74) is 3.91. The van der Waals surface area contributed by atoms with Gasteiger partial charge in [0.2, 0.25) is 0 Å². The van der Waals surface area contributed by atoms with Gasteiger partial charge in [0.05, 0.1) is 7.11 Å². The first-order valence-electron chi connectivity index (χ1n) is 5.72. The molecular weight excluding hydrogens is 200 g/mol. The van der Waals surface area contributed by atoms with Crippen molar-refractivity contribution < 1.29 is 4.74 Å². The van der Waals surface area contributed by atoms with Gasteiger partial charge in [0.25, 0.3) is 0 Å². The van der Waals surface area contributed by atoms with E-state index in [1.165, 1.54) is 22.2 Å². The SMILES string of the molecule is COc1cccc2[nH]c3c(c12)CCN[C@@H]3C. The number of aromatic amines is 1. The zero-order valence-electron chi connectivity index (χ0n) is 9.63. The van der Waals surface area contributed by atoms with Crippen LogP contribution in [-0.4, -0.2) is 18.6 Å². The lowest BCUT2D eigenvalue weighted by atomic mass is 10.00. The number of hydrogen-bond acceptors (Lipinski definition) is 2. The quantitative estimate of drug-likeness (QED) is 0.768. The summed E-state index contributed by atoms with van der Waals surface area (Å²) in [6.07, 6.45) is 1.07. The van der Waals surface area contributed by atoms with Gasteiger partial charge in [-0.05, 0) is 37.6 Å². The van der Waals surface area contributed by atoms with Crippen LogP contribution in [0.25, 0.3) is 10.9 Å². The second kappa shape index (κ2) is 3.52. The topological polar surface area (TPSA) is 37.0 Å². The van der Waals surface area contributed by atoms with Crippen LogP contribution in [0, 0.1) is 0 Å². The monoisotopic (exact) mass is 216 g/mol. The molecule has 1 aliphatic rings. The lowest BCUT2D eigenvalue weighted by Gasteiger charge is -2.20. The number of ether oxygens (including phenoxy) is 1. The summed E-state index contributed by atoms with van der Waals surface area (Å²) < 4.78 is 5.45. The van der Waals surface area contributed by atoms with Crippen molar-refractivity contribution >= 4 is 10.9 Å². The molecule has 2 heterocycles. The third kappa shape index (κ3) is 1.25. The van der Waals surface area contributed by atoms with Crippen molar-refractivity contribution in [2.75, 3.05) is 13.7 Å². The van der Waals surface area contributed by atoms with Gasteiger partial charge in [0.15, 0.2) is 0 Å². The molecule has 1 aromatic heterocycles. The summed E-state index contributed by atoms with van der Waals surface area (Å²) in [5, 5.41) is 4.72. The van der Waals surface area contributed by atoms with Gasteiger partial charge in [-0.15, -0.1) is 0 Å². The van der Waals surface area contributed by atoms with E-state index in [4.69, 9.17) is 4.74 Å². The maximum Gasteiger partial charge on any atom is 0.128 e. The van der Waals surface area contributed by atoms with E-state index in [2.05, 4.69) is 23.3 Å². The molecule has 3 heteroatoms. The van der Waals surface area contributed by atoms with Gasteiger partial charge in [0.1, 0.15) is 5.75 Å². The van der Waals surface area contributed by atoms with Crippen molar-refractivity contribution in [2.45, 2.75) is 19.4 Å². The Kier molecular flexibility index (Phi) is 2.14. The van der Waals surface area contributed by atoms with Gasteiger partial charge < -0.3 is 15.0 Å². The number of nitrogens with one attached hydrogen (secondary N) is 2. The Balaban J connectivity index is 2.33. The average molecular weight is 216 g/mol. The van der Waals surface area contributed by atoms with Gasteiger partial charge in [0, 0.05) is 22.6 Å². The zero-order valence-corrected chi connectivity index (χ0v) is 9.63. The summed E-state index contributed by atoms with van der Waals surface area (Å²) >= 11 is 0. The Morgan fingerprint density at radius 2 is 2.25 bits per heavy atom. The minimum atomic E-state index is 0.404. The van der Waals surface area contributed by atoms with Crippen LogP contribution >= 0.6 is 0 Å². The second-order valence-electron chi connectivity index (χ2n) is 4.33. The van der Waals surface area contributed by atoms with Crippen LogP contribution in [-0.2, 0) is 6.42 Å². The van der Waals surface area contributed by atoms with Gasteiger partial charge >= 0.3 is 0 Å². The standard InChI is InChI=1S/C13H16N2O/c1-8-13-9(6-7-14-8)12-10(15-13)4-3-5-11(12)16-2/h3-5,8,14-15H,6-7H2,1-2H3/t8-/m1/s1. The van der Waals surface area contributed by atoms with Crippen LogP contribution in [0.15, 0.2) is 18.2 Å². The molecule has 3 rings (SSSR count). The van der Waals surface area contributed by atoms with Crippen molar-refractivity contribution in [3.8, 4) is 5.75 Å². The summed E-state index contributed by atoms with van der Waals surface area (Å²) in [7, 11) is 1.73. The summed E-state index contributed by atoms with van der Waals surface area (Å²) in [6.45, 7) is 3.24. The molecule has 0 aliphatic carbocycles. The Hall–Kier alpha value is -1.48. The number of H-pyrrole nitrogens is 1. The predicted molar refractivity (Wildman–Crippen MR) is 65.0 cm³/mol. The van der Waals surface area contributed by atoms with Crippen LogP contribution in [0.2, 0.25) is 0 Å². The van der Waals surface area contributed by atoms with Crippen LogP contribution < -0.4 is 10.1 Å². The predicted octanol–water partition coefficient (Wildman–Crippen LogP) is 2.38. The number of hydrogen-bond donors (Lipinski definition) is 2. The van der Waals surface area contributed by atoms with E-state index in [1.807, 2.05) is 12.1 Å². The van der Waals surface area contributed by atoms with Crippen molar-refractivity contribution in [1.29, 1.82) is 0 Å². The fourth-order valence-corrected chi connectivity index (χ4v) is 2.62. The third-order valence-corrected chi connectivity index (χ3v) is 3.40. The molecule has 84 valence electrons. The van der Waals surface area contributed by atoms with Crippen LogP contribution in [0.5, 0.6) is 5.75 Å². The van der Waals surface area contributed by atoms with E-state index in [9.17, 15) is 0 Å². The first-order chi connectivity index (χ1) is 7.81. The van der Waals surface area contributed by atoms with Gasteiger partial charge in [-0.25, -0.2) is 0 Å². The van der Waals surface area contributed by atoms with Gasteiger partial charge in [-0.2, -0.15) is 0 Å². The maximum absolute atomic E-state index is 5.45. The highest BCUT2D eigenvalue weighted by molar-refractivity contribution is 5.91.